The van der Waals surface area contributed by atoms with E-state index in [1.54, 1.807) is 60.7 Å². The van der Waals surface area contributed by atoms with E-state index in [0.29, 0.717) is 11.4 Å². The number of para-hydroxylation sites is 3. The number of benzene rings is 3. The molecule has 3 aromatic carbocycles. The van der Waals surface area contributed by atoms with Crippen molar-refractivity contribution in [1.82, 2.24) is 0 Å². The minimum absolute atomic E-state index is 0.0228. The summed E-state index contributed by atoms with van der Waals surface area (Å²) in [5.41, 5.74) is 1.35. The molecule has 0 spiro atoms. The summed E-state index contributed by atoms with van der Waals surface area (Å²) in [6.45, 7) is 0. The van der Waals surface area contributed by atoms with Crippen molar-refractivity contribution in [3.05, 3.63) is 90.5 Å². The number of hydrazine groups is 1. The molecular formula is C24H20N2O4. The van der Waals surface area contributed by atoms with Crippen LogP contribution in [-0.4, -0.2) is 22.7 Å². The largest absolute Gasteiger partial charge is 0.507 e. The van der Waals surface area contributed by atoms with Gasteiger partial charge in [0.1, 0.15) is 11.7 Å². The molecule has 0 bridgehead atoms. The molecule has 0 saturated carbocycles. The third-order valence-corrected chi connectivity index (χ3v) is 5.08. The number of aromatic hydroxyl groups is 1. The second kappa shape index (κ2) is 8.21. The quantitative estimate of drug-likeness (QED) is 0.502. The van der Waals surface area contributed by atoms with Crippen LogP contribution < -0.4 is 10.0 Å². The predicted octanol–water partition coefficient (Wildman–Crippen LogP) is 3.97. The zero-order valence-electron chi connectivity index (χ0n) is 16.1. The van der Waals surface area contributed by atoms with Gasteiger partial charge in [-0.3, -0.25) is 14.4 Å². The molecule has 1 fully saturated rings. The minimum atomic E-state index is -0.972. The summed E-state index contributed by atoms with van der Waals surface area (Å²) in [5, 5.41) is 12.6. The van der Waals surface area contributed by atoms with Crippen molar-refractivity contribution < 1.29 is 19.5 Å². The Bertz CT molecular complexity index is 1030. The Morgan fingerprint density at radius 2 is 1.20 bits per heavy atom. The van der Waals surface area contributed by atoms with Gasteiger partial charge >= 0.3 is 0 Å². The molecule has 0 unspecified atom stereocenters. The maximum absolute atomic E-state index is 13.2. The van der Waals surface area contributed by atoms with Crippen LogP contribution in [0.15, 0.2) is 84.9 Å². The van der Waals surface area contributed by atoms with Gasteiger partial charge in [-0.2, -0.15) is 0 Å². The van der Waals surface area contributed by atoms with Gasteiger partial charge in [0.05, 0.1) is 16.9 Å². The Kier molecular flexibility index (Phi) is 5.30. The normalized spacial score (nSPS) is 14.4. The van der Waals surface area contributed by atoms with Crippen molar-refractivity contribution in [2.75, 3.05) is 10.0 Å². The van der Waals surface area contributed by atoms with E-state index in [0.717, 1.165) is 0 Å². The number of hydrogen-bond donors (Lipinski definition) is 1. The van der Waals surface area contributed by atoms with Crippen molar-refractivity contribution in [2.45, 2.75) is 12.8 Å². The zero-order chi connectivity index (χ0) is 21.1. The van der Waals surface area contributed by atoms with Crippen LogP contribution in [0.2, 0.25) is 0 Å². The van der Waals surface area contributed by atoms with E-state index >= 15 is 0 Å². The van der Waals surface area contributed by atoms with E-state index in [1.165, 1.54) is 22.2 Å². The molecule has 2 amide bonds. The van der Waals surface area contributed by atoms with Gasteiger partial charge in [-0.1, -0.05) is 48.5 Å². The second-order valence-corrected chi connectivity index (χ2v) is 7.00. The van der Waals surface area contributed by atoms with Crippen molar-refractivity contribution >= 4 is 29.0 Å². The number of amides is 2. The summed E-state index contributed by atoms with van der Waals surface area (Å²) in [6, 6.07) is 24.2. The summed E-state index contributed by atoms with van der Waals surface area (Å²) < 4.78 is 0. The van der Waals surface area contributed by atoms with Gasteiger partial charge in [-0.25, -0.2) is 10.0 Å². The van der Waals surface area contributed by atoms with Gasteiger partial charge in [-0.15, -0.1) is 0 Å². The number of ketones is 1. The highest BCUT2D eigenvalue weighted by Crippen LogP contribution is 2.33. The first-order chi connectivity index (χ1) is 14.6. The molecular weight excluding hydrogens is 380 g/mol. The topological polar surface area (TPSA) is 77.9 Å². The van der Waals surface area contributed by atoms with Gasteiger partial charge in [0.15, 0.2) is 5.78 Å². The molecule has 0 aliphatic carbocycles. The van der Waals surface area contributed by atoms with Crippen molar-refractivity contribution in [1.29, 1.82) is 0 Å². The van der Waals surface area contributed by atoms with Crippen LogP contribution >= 0.6 is 0 Å². The van der Waals surface area contributed by atoms with Crippen LogP contribution in [0.3, 0.4) is 0 Å². The lowest BCUT2D eigenvalue weighted by Crippen LogP contribution is -2.41. The summed E-state index contributed by atoms with van der Waals surface area (Å²) in [6.07, 6.45) is 0.0441. The highest BCUT2D eigenvalue weighted by Gasteiger charge is 2.46. The summed E-state index contributed by atoms with van der Waals surface area (Å²) >= 11 is 0. The number of anilines is 2. The Hall–Kier alpha value is -3.93. The molecule has 6 nitrogen and oxygen atoms in total. The average molecular weight is 400 g/mol. The smallest absolute Gasteiger partial charge is 0.258 e. The van der Waals surface area contributed by atoms with Gasteiger partial charge in [0.2, 0.25) is 0 Å². The molecule has 1 N–H and O–H groups in total. The van der Waals surface area contributed by atoms with Crippen LogP contribution in [0, 0.1) is 5.92 Å². The number of carbonyl (C=O) groups is 3. The Morgan fingerprint density at radius 1 is 0.733 bits per heavy atom. The molecule has 3 aromatic rings. The molecule has 1 saturated heterocycles. The molecule has 1 heterocycles. The number of phenols is 1. The third kappa shape index (κ3) is 3.55. The lowest BCUT2D eigenvalue weighted by molar-refractivity contribution is -0.127. The summed E-state index contributed by atoms with van der Waals surface area (Å²) in [4.78, 5) is 39.0. The van der Waals surface area contributed by atoms with E-state index < -0.39 is 5.92 Å². The van der Waals surface area contributed by atoms with Crippen molar-refractivity contribution in [3.8, 4) is 5.75 Å². The minimum Gasteiger partial charge on any atom is -0.507 e. The lowest BCUT2D eigenvalue weighted by Gasteiger charge is -2.27. The van der Waals surface area contributed by atoms with E-state index in [4.69, 9.17) is 0 Å². The fraction of sp³-hybridized carbons (Fsp3) is 0.125. The summed E-state index contributed by atoms with van der Waals surface area (Å²) in [7, 11) is 0. The average Bonchev–Trinajstić information content (AvgIpc) is 3.03. The Morgan fingerprint density at radius 3 is 1.70 bits per heavy atom. The lowest BCUT2D eigenvalue weighted by atomic mass is 9.97. The summed E-state index contributed by atoms with van der Waals surface area (Å²) in [5.74, 6) is -2.14. The van der Waals surface area contributed by atoms with Gasteiger partial charge < -0.3 is 5.11 Å². The molecule has 0 aromatic heterocycles. The first-order valence-electron chi connectivity index (χ1n) is 9.67. The maximum Gasteiger partial charge on any atom is 0.258 e. The van der Waals surface area contributed by atoms with Gasteiger partial charge in [0.25, 0.3) is 11.8 Å². The highest BCUT2D eigenvalue weighted by atomic mass is 16.3. The number of nitrogens with zero attached hydrogens (tertiary/aromatic N) is 2. The number of carbonyl (C=O) groups excluding carboxylic acids is 3. The molecule has 1 aliphatic rings. The standard InChI is InChI=1S/C24H20N2O4/c27-21-14-8-7-13-19(21)22(28)16-15-20-23(29)25(17-9-3-1-4-10-17)26(24(20)30)18-11-5-2-6-12-18/h1-14,20,27H,15-16H2. The van der Waals surface area contributed by atoms with E-state index in [9.17, 15) is 19.5 Å². The zero-order valence-corrected chi connectivity index (χ0v) is 16.1. The Labute approximate surface area is 173 Å². The van der Waals surface area contributed by atoms with Crippen LogP contribution in [0.1, 0.15) is 23.2 Å². The fourth-order valence-electron chi connectivity index (χ4n) is 3.59. The van der Waals surface area contributed by atoms with E-state index in [2.05, 4.69) is 0 Å². The predicted molar refractivity (Wildman–Crippen MR) is 113 cm³/mol. The maximum atomic E-state index is 13.2. The molecule has 30 heavy (non-hydrogen) atoms. The van der Waals surface area contributed by atoms with E-state index in [-0.39, 0.29) is 41.8 Å². The Balaban J connectivity index is 1.61. The fourth-order valence-corrected chi connectivity index (χ4v) is 3.59. The first kappa shape index (κ1) is 19.4. The molecule has 6 heteroatoms. The van der Waals surface area contributed by atoms with Gasteiger partial charge in [-0.05, 0) is 42.8 Å². The number of Topliss-reactive ketones (excluding diaryl/α,β-unsaturated/α-hetero) is 1. The molecule has 0 radical (unpaired) electrons. The van der Waals surface area contributed by atoms with Crippen molar-refractivity contribution in [2.24, 2.45) is 5.92 Å². The van der Waals surface area contributed by atoms with Crippen LogP contribution in [-0.2, 0) is 9.59 Å². The van der Waals surface area contributed by atoms with Crippen LogP contribution in [0.4, 0.5) is 11.4 Å². The van der Waals surface area contributed by atoms with Crippen molar-refractivity contribution in [3.63, 3.8) is 0 Å². The highest BCUT2D eigenvalue weighted by molar-refractivity contribution is 6.23. The van der Waals surface area contributed by atoms with Crippen LogP contribution in [0.25, 0.3) is 0 Å². The number of hydrogen-bond acceptors (Lipinski definition) is 4. The van der Waals surface area contributed by atoms with Crippen LogP contribution in [0.5, 0.6) is 5.75 Å². The number of phenolic OH excluding ortho intramolecular Hbond substituents is 1. The SMILES string of the molecule is O=C(CCC1C(=O)N(c2ccccc2)N(c2ccccc2)C1=O)c1ccccc1O. The number of rotatable bonds is 6. The third-order valence-electron chi connectivity index (χ3n) is 5.08. The monoisotopic (exact) mass is 400 g/mol. The molecule has 4 rings (SSSR count). The second-order valence-electron chi connectivity index (χ2n) is 7.00. The molecule has 1 aliphatic heterocycles. The molecule has 150 valence electrons. The first-order valence-corrected chi connectivity index (χ1v) is 9.67. The molecule has 0 atom stereocenters. The van der Waals surface area contributed by atoms with E-state index in [1.807, 2.05) is 12.1 Å². The van der Waals surface area contributed by atoms with Gasteiger partial charge in [0, 0.05) is 6.42 Å².